The average molecular weight is 260 g/mol. The number of carbonyl (C=O) groups excluding carboxylic acids is 1. The molecule has 2 rings (SSSR count). The van der Waals surface area contributed by atoms with Crippen LogP contribution in [0.1, 0.15) is 31.7 Å². The molecule has 1 unspecified atom stereocenters. The van der Waals surface area contributed by atoms with E-state index in [2.05, 4.69) is 31.3 Å². The molecule has 1 aliphatic heterocycles. The van der Waals surface area contributed by atoms with E-state index in [-0.39, 0.29) is 11.8 Å². The number of nitrogens with zero attached hydrogens (tertiary/aromatic N) is 1. The summed E-state index contributed by atoms with van der Waals surface area (Å²) in [6.45, 7) is 7.89. The van der Waals surface area contributed by atoms with Gasteiger partial charge in [0.05, 0.1) is 5.92 Å². The van der Waals surface area contributed by atoms with Crippen molar-refractivity contribution in [1.82, 2.24) is 10.2 Å². The minimum atomic E-state index is -0.0145. The Labute approximate surface area is 116 Å². The van der Waals surface area contributed by atoms with Crippen LogP contribution >= 0.6 is 0 Å². The van der Waals surface area contributed by atoms with E-state index in [0.29, 0.717) is 5.92 Å². The molecule has 0 radical (unpaired) electrons. The van der Waals surface area contributed by atoms with Crippen LogP contribution in [0.25, 0.3) is 0 Å². The second kappa shape index (κ2) is 6.71. The summed E-state index contributed by atoms with van der Waals surface area (Å²) in [7, 11) is 0. The summed E-state index contributed by atoms with van der Waals surface area (Å²) in [6.07, 6.45) is 1.05. The molecule has 0 aliphatic carbocycles. The minimum Gasteiger partial charge on any atom is -0.341 e. The molecule has 1 fully saturated rings. The van der Waals surface area contributed by atoms with Gasteiger partial charge in [-0.15, -0.1) is 0 Å². The Kier molecular flexibility index (Phi) is 4.97. The zero-order valence-electron chi connectivity index (χ0n) is 11.9. The fraction of sp³-hybridized carbons (Fsp3) is 0.562. The lowest BCUT2D eigenvalue weighted by Gasteiger charge is -2.28. The standard InChI is InChI=1S/C16H24N2O/c1-13(2)15(14-7-4-3-5-8-14)16(19)18-11-6-9-17-10-12-18/h3-5,7-8,13,15,17H,6,9-12H2,1-2H3. The molecule has 1 atom stereocenters. The van der Waals surface area contributed by atoms with E-state index in [4.69, 9.17) is 0 Å². The fourth-order valence-corrected chi connectivity index (χ4v) is 2.74. The lowest BCUT2D eigenvalue weighted by Crippen LogP contribution is -2.39. The first-order chi connectivity index (χ1) is 9.20. The van der Waals surface area contributed by atoms with Gasteiger partial charge < -0.3 is 10.2 Å². The number of rotatable bonds is 3. The lowest BCUT2D eigenvalue weighted by atomic mass is 9.87. The van der Waals surface area contributed by atoms with Crippen molar-refractivity contribution in [2.75, 3.05) is 26.2 Å². The molecule has 1 heterocycles. The van der Waals surface area contributed by atoms with Crippen molar-refractivity contribution in [2.24, 2.45) is 5.92 Å². The number of hydrogen-bond donors (Lipinski definition) is 1. The quantitative estimate of drug-likeness (QED) is 0.904. The maximum Gasteiger partial charge on any atom is 0.230 e. The summed E-state index contributed by atoms with van der Waals surface area (Å²) in [6, 6.07) is 10.2. The van der Waals surface area contributed by atoms with Gasteiger partial charge in [-0.2, -0.15) is 0 Å². The van der Waals surface area contributed by atoms with Crippen molar-refractivity contribution in [3.8, 4) is 0 Å². The number of benzene rings is 1. The first kappa shape index (κ1) is 14.1. The zero-order valence-corrected chi connectivity index (χ0v) is 11.9. The van der Waals surface area contributed by atoms with Crippen molar-refractivity contribution in [2.45, 2.75) is 26.2 Å². The van der Waals surface area contributed by atoms with Gasteiger partial charge in [0.15, 0.2) is 0 Å². The van der Waals surface area contributed by atoms with Crippen LogP contribution in [0.2, 0.25) is 0 Å². The van der Waals surface area contributed by atoms with E-state index in [0.717, 1.165) is 38.2 Å². The average Bonchev–Trinajstić information content (AvgIpc) is 2.68. The van der Waals surface area contributed by atoms with Gasteiger partial charge in [0.25, 0.3) is 0 Å². The van der Waals surface area contributed by atoms with Crippen molar-refractivity contribution in [1.29, 1.82) is 0 Å². The second-order valence-electron chi connectivity index (χ2n) is 5.56. The molecule has 0 spiro atoms. The Balaban J connectivity index is 2.16. The molecule has 19 heavy (non-hydrogen) atoms. The first-order valence-electron chi connectivity index (χ1n) is 7.24. The summed E-state index contributed by atoms with van der Waals surface area (Å²) in [5, 5.41) is 3.35. The Morgan fingerprint density at radius 2 is 1.89 bits per heavy atom. The zero-order chi connectivity index (χ0) is 13.7. The highest BCUT2D eigenvalue weighted by Crippen LogP contribution is 2.26. The first-order valence-corrected chi connectivity index (χ1v) is 7.24. The molecule has 1 saturated heterocycles. The Hall–Kier alpha value is -1.35. The van der Waals surface area contributed by atoms with E-state index in [1.165, 1.54) is 0 Å². The predicted molar refractivity (Wildman–Crippen MR) is 78.1 cm³/mol. The molecule has 0 aromatic heterocycles. The highest BCUT2D eigenvalue weighted by atomic mass is 16.2. The van der Waals surface area contributed by atoms with Gasteiger partial charge in [-0.1, -0.05) is 44.2 Å². The molecule has 0 bridgehead atoms. The number of carbonyl (C=O) groups is 1. The summed E-state index contributed by atoms with van der Waals surface area (Å²) in [5.41, 5.74) is 1.14. The Morgan fingerprint density at radius 1 is 1.16 bits per heavy atom. The predicted octanol–water partition coefficient (Wildman–Crippen LogP) is 2.25. The molecule has 1 aromatic rings. The van der Waals surface area contributed by atoms with Crippen molar-refractivity contribution in [3.63, 3.8) is 0 Å². The molecule has 1 amide bonds. The number of hydrogen-bond acceptors (Lipinski definition) is 2. The number of nitrogens with one attached hydrogen (secondary N) is 1. The van der Waals surface area contributed by atoms with E-state index in [9.17, 15) is 4.79 Å². The smallest absolute Gasteiger partial charge is 0.230 e. The van der Waals surface area contributed by atoms with Crippen LogP contribution in [-0.2, 0) is 4.79 Å². The molecule has 3 nitrogen and oxygen atoms in total. The Bertz CT molecular complexity index is 394. The molecule has 1 N–H and O–H groups in total. The van der Waals surface area contributed by atoms with Crippen molar-refractivity contribution >= 4 is 5.91 Å². The van der Waals surface area contributed by atoms with Gasteiger partial charge in [-0.25, -0.2) is 0 Å². The van der Waals surface area contributed by atoms with Crippen LogP contribution in [0.15, 0.2) is 30.3 Å². The lowest BCUT2D eigenvalue weighted by molar-refractivity contribution is -0.133. The van der Waals surface area contributed by atoms with Gasteiger partial charge >= 0.3 is 0 Å². The summed E-state index contributed by atoms with van der Waals surface area (Å²) < 4.78 is 0. The minimum absolute atomic E-state index is 0.0145. The maximum absolute atomic E-state index is 12.8. The third-order valence-electron chi connectivity index (χ3n) is 3.74. The molecular formula is C16H24N2O. The van der Waals surface area contributed by atoms with Crippen molar-refractivity contribution in [3.05, 3.63) is 35.9 Å². The fourth-order valence-electron chi connectivity index (χ4n) is 2.74. The molecule has 1 aromatic carbocycles. The van der Waals surface area contributed by atoms with E-state index < -0.39 is 0 Å². The third kappa shape index (κ3) is 3.57. The molecular weight excluding hydrogens is 236 g/mol. The van der Waals surface area contributed by atoms with Crippen LogP contribution in [0.4, 0.5) is 0 Å². The number of amides is 1. The monoisotopic (exact) mass is 260 g/mol. The van der Waals surface area contributed by atoms with E-state index in [1.54, 1.807) is 0 Å². The van der Waals surface area contributed by atoms with Gasteiger partial charge in [-0.3, -0.25) is 4.79 Å². The van der Waals surface area contributed by atoms with Gasteiger partial charge in [-0.05, 0) is 24.4 Å². The largest absolute Gasteiger partial charge is 0.341 e. The highest BCUT2D eigenvalue weighted by molar-refractivity contribution is 5.84. The van der Waals surface area contributed by atoms with E-state index in [1.807, 2.05) is 23.1 Å². The van der Waals surface area contributed by atoms with Crippen molar-refractivity contribution < 1.29 is 4.79 Å². The third-order valence-corrected chi connectivity index (χ3v) is 3.74. The van der Waals surface area contributed by atoms with E-state index >= 15 is 0 Å². The highest BCUT2D eigenvalue weighted by Gasteiger charge is 2.28. The van der Waals surface area contributed by atoms with Gasteiger partial charge in [0, 0.05) is 19.6 Å². The van der Waals surface area contributed by atoms with Crippen LogP contribution in [0.5, 0.6) is 0 Å². The summed E-state index contributed by atoms with van der Waals surface area (Å²) in [4.78, 5) is 14.8. The normalized spacial score (nSPS) is 18.2. The SMILES string of the molecule is CC(C)C(C(=O)N1CCCNCC1)c1ccccc1. The molecule has 104 valence electrons. The summed E-state index contributed by atoms with van der Waals surface area (Å²) >= 11 is 0. The van der Waals surface area contributed by atoms with Gasteiger partial charge in [0.1, 0.15) is 0 Å². The maximum atomic E-state index is 12.8. The molecule has 1 aliphatic rings. The van der Waals surface area contributed by atoms with Crippen LogP contribution in [-0.4, -0.2) is 37.0 Å². The summed E-state index contributed by atoms with van der Waals surface area (Å²) in [5.74, 6) is 0.593. The molecule has 3 heteroatoms. The van der Waals surface area contributed by atoms with Crippen LogP contribution in [0.3, 0.4) is 0 Å². The molecule has 0 saturated carbocycles. The van der Waals surface area contributed by atoms with Crippen LogP contribution < -0.4 is 5.32 Å². The topological polar surface area (TPSA) is 32.3 Å². The second-order valence-corrected chi connectivity index (χ2v) is 5.56. The van der Waals surface area contributed by atoms with Gasteiger partial charge in [0.2, 0.25) is 5.91 Å². The Morgan fingerprint density at radius 3 is 2.58 bits per heavy atom. The van der Waals surface area contributed by atoms with Crippen LogP contribution in [0, 0.1) is 5.92 Å².